The summed E-state index contributed by atoms with van der Waals surface area (Å²) in [7, 11) is 1.73. The summed E-state index contributed by atoms with van der Waals surface area (Å²) >= 11 is 0. The smallest absolute Gasteiger partial charge is 0.224 e. The van der Waals surface area contributed by atoms with Crippen LogP contribution in [0.15, 0.2) is 0 Å². The number of hydrogen-bond acceptors (Lipinski definition) is 3. The molecule has 0 aliphatic carbocycles. The van der Waals surface area contributed by atoms with E-state index in [1.807, 2.05) is 27.7 Å². The summed E-state index contributed by atoms with van der Waals surface area (Å²) in [4.78, 5) is 13.3. The Morgan fingerprint density at radius 2 is 2.00 bits per heavy atom. The highest BCUT2D eigenvalue weighted by atomic mass is 16.3. The van der Waals surface area contributed by atoms with Crippen LogP contribution in [-0.2, 0) is 4.79 Å². The molecule has 0 aromatic carbocycles. The van der Waals surface area contributed by atoms with Gasteiger partial charge in [-0.15, -0.1) is 0 Å². The summed E-state index contributed by atoms with van der Waals surface area (Å²) in [6, 6.07) is 0.397. The van der Waals surface area contributed by atoms with E-state index >= 15 is 0 Å². The van der Waals surface area contributed by atoms with Gasteiger partial charge in [-0.1, -0.05) is 13.8 Å². The number of hydrogen-bond donors (Lipinski definition) is 2. The van der Waals surface area contributed by atoms with E-state index in [0.717, 1.165) is 0 Å². The lowest BCUT2D eigenvalue weighted by Gasteiger charge is -2.34. The van der Waals surface area contributed by atoms with Gasteiger partial charge in [-0.3, -0.25) is 4.79 Å². The van der Waals surface area contributed by atoms with Crippen molar-refractivity contribution in [1.82, 2.24) is 10.2 Å². The van der Waals surface area contributed by atoms with Gasteiger partial charge in [-0.05, 0) is 13.8 Å². The molecular weight excluding hydrogens is 192 g/mol. The number of carbonyl (C=O) groups excluding carboxylic acids is 1. The molecule has 0 radical (unpaired) electrons. The first-order valence-corrected chi connectivity index (χ1v) is 5.42. The van der Waals surface area contributed by atoms with Crippen LogP contribution in [0.25, 0.3) is 0 Å². The minimum Gasteiger partial charge on any atom is -0.394 e. The van der Waals surface area contributed by atoms with Gasteiger partial charge >= 0.3 is 0 Å². The van der Waals surface area contributed by atoms with Gasteiger partial charge in [-0.25, -0.2) is 0 Å². The molecular formula is C11H24N2O2. The number of amides is 1. The Morgan fingerprint density at radius 3 is 2.40 bits per heavy atom. The van der Waals surface area contributed by atoms with Gasteiger partial charge in [0.15, 0.2) is 0 Å². The van der Waals surface area contributed by atoms with E-state index in [4.69, 9.17) is 5.11 Å². The zero-order valence-corrected chi connectivity index (χ0v) is 10.5. The predicted molar refractivity (Wildman–Crippen MR) is 61.7 cm³/mol. The molecule has 0 aliphatic heterocycles. The molecule has 0 bridgehead atoms. The fourth-order valence-electron chi connectivity index (χ4n) is 1.08. The van der Waals surface area contributed by atoms with E-state index in [0.29, 0.717) is 19.0 Å². The maximum Gasteiger partial charge on any atom is 0.224 e. The number of likely N-dealkylation sites (N-methyl/N-ethyl adjacent to an activating group) is 1. The zero-order valence-electron chi connectivity index (χ0n) is 10.5. The summed E-state index contributed by atoms with van der Waals surface area (Å²) in [6.07, 6.45) is 0.470. The van der Waals surface area contributed by atoms with Crippen LogP contribution < -0.4 is 5.32 Å². The molecule has 0 unspecified atom stereocenters. The molecule has 0 aromatic heterocycles. The molecule has 90 valence electrons. The second kappa shape index (κ2) is 6.08. The summed E-state index contributed by atoms with van der Waals surface area (Å²) in [5.74, 6) is 0.0576. The van der Waals surface area contributed by atoms with Crippen LogP contribution in [0.3, 0.4) is 0 Å². The van der Waals surface area contributed by atoms with Crippen LogP contribution in [-0.4, -0.2) is 47.7 Å². The van der Waals surface area contributed by atoms with E-state index in [9.17, 15) is 4.79 Å². The molecule has 1 amide bonds. The number of rotatable bonds is 6. The van der Waals surface area contributed by atoms with Crippen molar-refractivity contribution in [2.45, 2.75) is 45.7 Å². The molecule has 0 spiro atoms. The molecule has 4 nitrogen and oxygen atoms in total. The largest absolute Gasteiger partial charge is 0.394 e. The van der Waals surface area contributed by atoms with Gasteiger partial charge < -0.3 is 15.3 Å². The van der Waals surface area contributed by atoms with Gasteiger partial charge in [0.1, 0.15) is 0 Å². The average Bonchev–Trinajstić information content (AvgIpc) is 2.15. The third-order valence-electron chi connectivity index (χ3n) is 2.56. The number of aliphatic hydroxyl groups excluding tert-OH is 1. The molecule has 0 aromatic rings. The third kappa shape index (κ3) is 5.14. The highest BCUT2D eigenvalue weighted by Gasteiger charge is 2.26. The fraction of sp³-hybridized carbons (Fsp3) is 0.909. The highest BCUT2D eigenvalue weighted by molar-refractivity contribution is 5.76. The minimum atomic E-state index is -0.477. The Labute approximate surface area is 92.7 Å². The standard InChI is InChI=1S/C11H24N2O2/c1-9(2)12-7-6-10(15)13(5)11(3,4)8-14/h9,12,14H,6-8H2,1-5H3. The van der Waals surface area contributed by atoms with Crippen LogP contribution >= 0.6 is 0 Å². The molecule has 15 heavy (non-hydrogen) atoms. The molecule has 0 aliphatic rings. The van der Waals surface area contributed by atoms with Crippen LogP contribution in [0.2, 0.25) is 0 Å². The number of carbonyl (C=O) groups is 1. The van der Waals surface area contributed by atoms with Gasteiger partial charge in [0.25, 0.3) is 0 Å². The summed E-state index contributed by atoms with van der Waals surface area (Å²) in [5, 5.41) is 12.3. The third-order valence-corrected chi connectivity index (χ3v) is 2.56. The minimum absolute atomic E-state index is 0.0210. The van der Waals surface area contributed by atoms with Gasteiger partial charge in [-0.2, -0.15) is 0 Å². The van der Waals surface area contributed by atoms with E-state index in [1.165, 1.54) is 0 Å². The van der Waals surface area contributed by atoms with Crippen molar-refractivity contribution in [2.75, 3.05) is 20.2 Å². The maximum absolute atomic E-state index is 11.7. The molecule has 0 saturated heterocycles. The maximum atomic E-state index is 11.7. The van der Waals surface area contributed by atoms with Crippen molar-refractivity contribution in [3.05, 3.63) is 0 Å². The zero-order chi connectivity index (χ0) is 12.1. The van der Waals surface area contributed by atoms with Gasteiger partial charge in [0.2, 0.25) is 5.91 Å². The van der Waals surface area contributed by atoms with Crippen LogP contribution in [0.5, 0.6) is 0 Å². The predicted octanol–water partition coefficient (Wildman–Crippen LogP) is 0.604. The lowest BCUT2D eigenvalue weighted by atomic mass is 10.0. The lowest BCUT2D eigenvalue weighted by Crippen LogP contribution is -2.48. The topological polar surface area (TPSA) is 52.6 Å². The van der Waals surface area contributed by atoms with E-state index in [-0.39, 0.29) is 12.5 Å². The van der Waals surface area contributed by atoms with Crippen molar-refractivity contribution in [2.24, 2.45) is 0 Å². The first-order chi connectivity index (χ1) is 6.81. The van der Waals surface area contributed by atoms with Gasteiger partial charge in [0, 0.05) is 26.1 Å². The van der Waals surface area contributed by atoms with Crippen molar-refractivity contribution >= 4 is 5.91 Å². The van der Waals surface area contributed by atoms with Crippen molar-refractivity contribution in [3.8, 4) is 0 Å². The Balaban J connectivity index is 4.00. The molecule has 4 heteroatoms. The Morgan fingerprint density at radius 1 is 1.47 bits per heavy atom. The average molecular weight is 216 g/mol. The summed E-state index contributed by atoms with van der Waals surface area (Å²) < 4.78 is 0. The molecule has 2 N–H and O–H groups in total. The summed E-state index contributed by atoms with van der Waals surface area (Å²) in [5.41, 5.74) is -0.477. The van der Waals surface area contributed by atoms with Crippen LogP contribution in [0.1, 0.15) is 34.1 Å². The number of aliphatic hydroxyl groups is 1. The monoisotopic (exact) mass is 216 g/mol. The SMILES string of the molecule is CC(C)NCCC(=O)N(C)C(C)(C)CO. The van der Waals surface area contributed by atoms with E-state index < -0.39 is 5.54 Å². The molecule has 0 heterocycles. The lowest BCUT2D eigenvalue weighted by molar-refractivity contribution is -0.135. The van der Waals surface area contributed by atoms with Crippen molar-refractivity contribution < 1.29 is 9.90 Å². The molecule has 0 atom stereocenters. The second-order valence-electron chi connectivity index (χ2n) is 4.78. The number of nitrogens with zero attached hydrogens (tertiary/aromatic N) is 1. The Hall–Kier alpha value is -0.610. The van der Waals surface area contributed by atoms with Gasteiger partial charge in [0.05, 0.1) is 12.1 Å². The summed E-state index contributed by atoms with van der Waals surface area (Å²) in [6.45, 7) is 8.45. The van der Waals surface area contributed by atoms with Crippen molar-refractivity contribution in [1.29, 1.82) is 0 Å². The number of nitrogens with one attached hydrogen (secondary N) is 1. The first kappa shape index (κ1) is 14.4. The Bertz CT molecular complexity index is 203. The normalized spacial score (nSPS) is 11.9. The first-order valence-electron chi connectivity index (χ1n) is 5.42. The second-order valence-corrected chi connectivity index (χ2v) is 4.78. The molecule has 0 rings (SSSR count). The van der Waals surface area contributed by atoms with E-state index in [1.54, 1.807) is 11.9 Å². The Kier molecular flexibility index (Phi) is 5.83. The quantitative estimate of drug-likeness (QED) is 0.684. The molecule has 0 saturated carbocycles. The highest BCUT2D eigenvalue weighted by Crippen LogP contribution is 2.11. The van der Waals surface area contributed by atoms with Crippen LogP contribution in [0, 0.1) is 0 Å². The van der Waals surface area contributed by atoms with Crippen molar-refractivity contribution in [3.63, 3.8) is 0 Å². The van der Waals surface area contributed by atoms with E-state index in [2.05, 4.69) is 5.32 Å². The fourth-order valence-corrected chi connectivity index (χ4v) is 1.08. The molecule has 0 fully saturated rings. The van der Waals surface area contributed by atoms with Crippen LogP contribution in [0.4, 0.5) is 0 Å².